The van der Waals surface area contributed by atoms with Crippen molar-refractivity contribution in [3.05, 3.63) is 76.5 Å². The van der Waals surface area contributed by atoms with E-state index in [1.54, 1.807) is 16.7 Å². The molecule has 3 rings (SSSR count). The summed E-state index contributed by atoms with van der Waals surface area (Å²) < 4.78 is 8.51. The lowest BCUT2D eigenvalue weighted by Crippen LogP contribution is -2.25. The Morgan fingerprint density at radius 1 is 1.03 bits per heavy atom. The molecule has 0 spiro atoms. The molecule has 0 radical (unpaired) electrons. The summed E-state index contributed by atoms with van der Waals surface area (Å²) in [4.78, 5) is 23.7. The van der Waals surface area contributed by atoms with Crippen molar-refractivity contribution in [3.63, 3.8) is 0 Å². The second-order valence-electron chi connectivity index (χ2n) is 6.99. The maximum atomic E-state index is 12.7. The molecule has 0 aliphatic carbocycles. The summed E-state index contributed by atoms with van der Waals surface area (Å²) in [6, 6.07) is 14.8. The van der Waals surface area contributed by atoms with Gasteiger partial charge in [0.1, 0.15) is 5.75 Å². The van der Waals surface area contributed by atoms with Crippen molar-refractivity contribution in [2.75, 3.05) is 0 Å². The topological polar surface area (TPSA) is 73.5 Å². The van der Waals surface area contributed by atoms with Crippen LogP contribution in [0, 0.1) is 0 Å². The van der Waals surface area contributed by atoms with Gasteiger partial charge in [0.25, 0.3) is 0 Å². The number of hydrogen-bond donors (Lipinski definition) is 1. The van der Waals surface area contributed by atoms with E-state index in [9.17, 15) is 9.59 Å². The molecule has 1 heterocycles. The first-order valence-corrected chi connectivity index (χ1v) is 9.91. The zero-order valence-electron chi connectivity index (χ0n) is 16.8. The zero-order valence-corrected chi connectivity index (χ0v) is 16.8. The fourth-order valence-electron chi connectivity index (χ4n) is 3.47. The van der Waals surface area contributed by atoms with E-state index in [1.807, 2.05) is 47.2 Å². The van der Waals surface area contributed by atoms with Crippen molar-refractivity contribution in [3.8, 4) is 16.9 Å². The fourth-order valence-corrected chi connectivity index (χ4v) is 3.47. The third kappa shape index (κ3) is 4.77. The smallest absolute Gasteiger partial charge is 0.449 e. The maximum absolute atomic E-state index is 12.7. The molecule has 152 valence electrons. The van der Waals surface area contributed by atoms with E-state index in [2.05, 4.69) is 13.8 Å². The lowest BCUT2D eigenvalue weighted by Gasteiger charge is -2.10. The van der Waals surface area contributed by atoms with Gasteiger partial charge in [0.15, 0.2) is 0 Å². The van der Waals surface area contributed by atoms with Crippen LogP contribution in [0.3, 0.4) is 0 Å². The number of aromatic nitrogens is 2. The molecule has 1 N–H and O–H groups in total. The van der Waals surface area contributed by atoms with Gasteiger partial charge in [-0.15, -0.1) is 0 Å². The molecule has 0 bridgehead atoms. The number of carbonyl (C=O) groups is 1. The quantitative estimate of drug-likeness (QED) is 0.441. The van der Waals surface area contributed by atoms with Crippen molar-refractivity contribution in [1.82, 2.24) is 9.13 Å². The van der Waals surface area contributed by atoms with E-state index in [0.29, 0.717) is 17.9 Å². The van der Waals surface area contributed by atoms with Gasteiger partial charge in [-0.2, -0.15) is 0 Å². The van der Waals surface area contributed by atoms with Gasteiger partial charge >= 0.3 is 11.8 Å². The van der Waals surface area contributed by atoms with Crippen LogP contribution in [0.2, 0.25) is 0 Å². The first-order chi connectivity index (χ1) is 14.0. The Hall–Kier alpha value is -3.28. The van der Waals surface area contributed by atoms with E-state index >= 15 is 0 Å². The Bertz CT molecular complexity index is 1030. The van der Waals surface area contributed by atoms with Crippen LogP contribution in [-0.2, 0) is 19.5 Å². The fraction of sp³-hybridized carbons (Fsp3) is 0.304. The largest absolute Gasteiger partial charge is 0.511 e. The highest BCUT2D eigenvalue weighted by Crippen LogP contribution is 2.30. The maximum Gasteiger partial charge on any atom is 0.511 e. The van der Waals surface area contributed by atoms with Gasteiger partial charge in [-0.1, -0.05) is 62.7 Å². The van der Waals surface area contributed by atoms with Gasteiger partial charge in [0, 0.05) is 24.0 Å². The number of imidazole rings is 1. The molecular formula is C23H26N2O4. The predicted molar refractivity (Wildman–Crippen MR) is 113 cm³/mol. The molecular weight excluding hydrogens is 368 g/mol. The monoisotopic (exact) mass is 394 g/mol. The van der Waals surface area contributed by atoms with Gasteiger partial charge < -0.3 is 9.84 Å². The summed E-state index contributed by atoms with van der Waals surface area (Å²) in [5.41, 5.74) is 3.66. The summed E-state index contributed by atoms with van der Waals surface area (Å²) in [6.45, 7) is 5.41. The number of nitrogens with zero attached hydrogens (tertiary/aromatic N) is 2. The number of para-hydroxylation sites is 1. The number of rotatable bonds is 8. The molecule has 1 aromatic heterocycles. The molecule has 0 aliphatic heterocycles. The second-order valence-corrected chi connectivity index (χ2v) is 6.99. The van der Waals surface area contributed by atoms with Crippen LogP contribution in [0.25, 0.3) is 11.1 Å². The molecule has 2 aromatic carbocycles. The van der Waals surface area contributed by atoms with Gasteiger partial charge in [0.05, 0.1) is 6.54 Å². The van der Waals surface area contributed by atoms with E-state index < -0.39 is 6.16 Å². The second kappa shape index (κ2) is 9.28. The summed E-state index contributed by atoms with van der Waals surface area (Å²) in [5.74, 6) is 0.297. The Morgan fingerprint density at radius 3 is 2.41 bits per heavy atom. The molecule has 3 aromatic rings. The number of hydrogen-bond acceptors (Lipinski definition) is 3. The van der Waals surface area contributed by atoms with Crippen LogP contribution in [0.1, 0.15) is 37.9 Å². The molecule has 6 heteroatoms. The van der Waals surface area contributed by atoms with Crippen LogP contribution in [0.15, 0.2) is 59.5 Å². The third-order valence-corrected chi connectivity index (χ3v) is 4.79. The van der Waals surface area contributed by atoms with Crippen molar-refractivity contribution >= 4 is 6.16 Å². The van der Waals surface area contributed by atoms with Crippen molar-refractivity contribution in [1.29, 1.82) is 0 Å². The third-order valence-electron chi connectivity index (χ3n) is 4.79. The predicted octanol–water partition coefficient (Wildman–Crippen LogP) is 4.78. The first-order valence-electron chi connectivity index (χ1n) is 9.91. The van der Waals surface area contributed by atoms with Crippen LogP contribution < -0.4 is 10.4 Å². The van der Waals surface area contributed by atoms with Crippen LogP contribution in [-0.4, -0.2) is 20.4 Å². The normalized spacial score (nSPS) is 10.8. The van der Waals surface area contributed by atoms with Gasteiger partial charge in [-0.05, 0) is 30.0 Å². The average Bonchev–Trinajstić information content (AvgIpc) is 2.98. The summed E-state index contributed by atoms with van der Waals surface area (Å²) in [7, 11) is 0. The molecule has 0 amide bonds. The Balaban J connectivity index is 1.87. The standard InChI is InChI=1S/C23H26N2O4/c1-3-7-19-16-24(14-4-2)22(26)25(19)15-17-10-12-18(13-11-17)20-8-5-6-9-21(20)29-23(27)28/h5-6,8-13,16H,3-4,7,14-15H2,1-2H3,(H,27,28). The molecule has 0 unspecified atom stereocenters. The molecule has 0 saturated carbocycles. The van der Waals surface area contributed by atoms with E-state index in [4.69, 9.17) is 9.84 Å². The molecule has 29 heavy (non-hydrogen) atoms. The number of ether oxygens (including phenoxy) is 1. The molecule has 0 atom stereocenters. The summed E-state index contributed by atoms with van der Waals surface area (Å²) >= 11 is 0. The Labute approximate surface area is 170 Å². The average molecular weight is 394 g/mol. The summed E-state index contributed by atoms with van der Waals surface area (Å²) in [6.07, 6.45) is 3.40. The van der Waals surface area contributed by atoms with Crippen LogP contribution in [0.5, 0.6) is 5.75 Å². The Morgan fingerprint density at radius 2 is 1.76 bits per heavy atom. The summed E-state index contributed by atoms with van der Waals surface area (Å²) in [5, 5.41) is 8.93. The highest BCUT2D eigenvalue weighted by Gasteiger charge is 2.12. The minimum absolute atomic E-state index is 0.0274. The van der Waals surface area contributed by atoms with Crippen molar-refractivity contribution in [2.24, 2.45) is 0 Å². The molecule has 0 saturated heterocycles. The highest BCUT2D eigenvalue weighted by molar-refractivity contribution is 5.74. The number of carboxylic acid groups (broad SMARTS) is 1. The number of aryl methyl sites for hydroxylation is 2. The highest BCUT2D eigenvalue weighted by atomic mass is 16.7. The molecule has 6 nitrogen and oxygen atoms in total. The van der Waals surface area contributed by atoms with E-state index in [1.165, 1.54) is 0 Å². The number of benzene rings is 2. The lowest BCUT2D eigenvalue weighted by atomic mass is 10.0. The van der Waals surface area contributed by atoms with Gasteiger partial charge in [-0.3, -0.25) is 9.13 Å². The van der Waals surface area contributed by atoms with Crippen LogP contribution >= 0.6 is 0 Å². The molecule has 0 aliphatic rings. The Kier molecular flexibility index (Phi) is 6.54. The minimum atomic E-state index is -1.34. The van der Waals surface area contributed by atoms with E-state index in [-0.39, 0.29) is 5.69 Å². The van der Waals surface area contributed by atoms with Gasteiger partial charge in [0.2, 0.25) is 0 Å². The van der Waals surface area contributed by atoms with Crippen LogP contribution in [0.4, 0.5) is 4.79 Å². The van der Waals surface area contributed by atoms with Gasteiger partial charge in [-0.25, -0.2) is 9.59 Å². The lowest BCUT2D eigenvalue weighted by molar-refractivity contribution is 0.144. The minimum Gasteiger partial charge on any atom is -0.449 e. The first kappa shape index (κ1) is 20.5. The van der Waals surface area contributed by atoms with Crippen molar-refractivity contribution < 1.29 is 14.6 Å². The molecule has 0 fully saturated rings. The van der Waals surface area contributed by atoms with E-state index in [0.717, 1.165) is 42.6 Å². The SMILES string of the molecule is CCCc1cn(CCC)c(=O)n1Cc1ccc(-c2ccccc2OC(=O)O)cc1. The zero-order chi connectivity index (χ0) is 20.8. The van der Waals surface area contributed by atoms with Crippen molar-refractivity contribution in [2.45, 2.75) is 46.2 Å².